The topological polar surface area (TPSA) is 61.8 Å². The van der Waals surface area contributed by atoms with Crippen LogP contribution in [0.5, 0.6) is 17.2 Å². The van der Waals surface area contributed by atoms with Gasteiger partial charge in [-0.2, -0.15) is 0 Å². The van der Waals surface area contributed by atoms with Crippen LogP contribution in [0.15, 0.2) is 63.5 Å². The SMILES string of the molecule is COc1cc(S(=O)(=O)C2=CCCC(C3=CC=CCC3)=C2)cc(OC)c1OC. The fourth-order valence-corrected chi connectivity index (χ4v) is 4.76. The van der Waals surface area contributed by atoms with Crippen LogP contribution in [-0.4, -0.2) is 29.7 Å². The molecule has 0 heterocycles. The maximum Gasteiger partial charge on any atom is 0.206 e. The Morgan fingerprint density at radius 1 is 0.889 bits per heavy atom. The average molecular weight is 388 g/mol. The second-order valence-electron chi connectivity index (χ2n) is 6.34. The van der Waals surface area contributed by atoms with Gasteiger partial charge in [-0.15, -0.1) is 0 Å². The van der Waals surface area contributed by atoms with Crippen LogP contribution in [0.2, 0.25) is 0 Å². The Balaban J connectivity index is 2.04. The van der Waals surface area contributed by atoms with Gasteiger partial charge in [0.05, 0.1) is 31.1 Å². The van der Waals surface area contributed by atoms with Crippen molar-refractivity contribution in [2.45, 2.75) is 30.6 Å². The van der Waals surface area contributed by atoms with Gasteiger partial charge < -0.3 is 14.2 Å². The van der Waals surface area contributed by atoms with E-state index in [0.29, 0.717) is 28.6 Å². The summed E-state index contributed by atoms with van der Waals surface area (Å²) >= 11 is 0. The zero-order valence-electron chi connectivity index (χ0n) is 15.8. The molecular formula is C21H24O5S. The number of rotatable bonds is 6. The standard InChI is InChI=1S/C21H24O5S/c1-24-19-13-18(14-20(25-2)21(19)26-3)27(22,23)17-11-7-10-16(12-17)15-8-5-4-6-9-15/h4-5,8,11-14H,6-7,9-10H2,1-3H3. The number of ether oxygens (including phenoxy) is 3. The van der Waals surface area contributed by atoms with Gasteiger partial charge in [0.25, 0.3) is 0 Å². The summed E-state index contributed by atoms with van der Waals surface area (Å²) in [7, 11) is 0.720. The molecule has 0 amide bonds. The predicted molar refractivity (Wildman–Crippen MR) is 105 cm³/mol. The summed E-state index contributed by atoms with van der Waals surface area (Å²) < 4.78 is 42.4. The normalized spacial score (nSPS) is 16.9. The molecule has 144 valence electrons. The van der Waals surface area contributed by atoms with E-state index in [1.54, 1.807) is 12.2 Å². The molecule has 0 saturated heterocycles. The molecule has 0 fully saturated rings. The van der Waals surface area contributed by atoms with Crippen LogP contribution in [0.3, 0.4) is 0 Å². The first-order valence-corrected chi connectivity index (χ1v) is 10.3. The highest BCUT2D eigenvalue weighted by Gasteiger charge is 2.26. The number of benzene rings is 1. The summed E-state index contributed by atoms with van der Waals surface area (Å²) in [6.45, 7) is 0. The van der Waals surface area contributed by atoms with Gasteiger partial charge in [-0.1, -0.05) is 24.3 Å². The van der Waals surface area contributed by atoms with Crippen LogP contribution >= 0.6 is 0 Å². The molecule has 0 bridgehead atoms. The molecule has 0 radical (unpaired) electrons. The van der Waals surface area contributed by atoms with Crippen molar-refractivity contribution < 1.29 is 22.6 Å². The lowest BCUT2D eigenvalue weighted by Crippen LogP contribution is -2.09. The number of hydrogen-bond acceptors (Lipinski definition) is 5. The lowest BCUT2D eigenvalue weighted by atomic mass is 9.92. The summed E-state index contributed by atoms with van der Waals surface area (Å²) in [6, 6.07) is 2.95. The van der Waals surface area contributed by atoms with Gasteiger partial charge >= 0.3 is 0 Å². The van der Waals surface area contributed by atoms with Crippen molar-refractivity contribution in [2.75, 3.05) is 21.3 Å². The van der Waals surface area contributed by atoms with Crippen LogP contribution in [0.25, 0.3) is 0 Å². The summed E-state index contributed by atoms with van der Waals surface area (Å²) in [5.74, 6) is 0.999. The van der Waals surface area contributed by atoms with E-state index in [0.717, 1.165) is 24.8 Å². The Bertz CT molecular complexity index is 924. The Hall–Kier alpha value is -2.47. The first-order chi connectivity index (χ1) is 13.0. The number of allylic oxidation sites excluding steroid dienone is 7. The second kappa shape index (κ2) is 8.05. The molecule has 0 aliphatic heterocycles. The molecule has 5 nitrogen and oxygen atoms in total. The first-order valence-electron chi connectivity index (χ1n) is 8.83. The molecular weight excluding hydrogens is 364 g/mol. The van der Waals surface area contributed by atoms with Crippen molar-refractivity contribution in [3.05, 3.63) is 58.6 Å². The van der Waals surface area contributed by atoms with Crippen LogP contribution < -0.4 is 14.2 Å². The zero-order chi connectivity index (χ0) is 19.4. The number of hydrogen-bond donors (Lipinski definition) is 0. The molecule has 3 rings (SSSR count). The van der Waals surface area contributed by atoms with Crippen molar-refractivity contribution in [1.29, 1.82) is 0 Å². The van der Waals surface area contributed by atoms with E-state index in [-0.39, 0.29) is 4.90 Å². The highest BCUT2D eigenvalue weighted by Crippen LogP contribution is 2.41. The van der Waals surface area contributed by atoms with Crippen molar-refractivity contribution in [3.8, 4) is 17.2 Å². The number of methoxy groups -OCH3 is 3. The number of sulfone groups is 1. The molecule has 0 spiro atoms. The van der Waals surface area contributed by atoms with Gasteiger partial charge in [0, 0.05) is 12.1 Å². The highest BCUT2D eigenvalue weighted by molar-refractivity contribution is 7.95. The van der Waals surface area contributed by atoms with E-state index in [1.807, 2.05) is 6.08 Å². The smallest absolute Gasteiger partial charge is 0.206 e. The minimum atomic E-state index is -3.70. The van der Waals surface area contributed by atoms with E-state index < -0.39 is 9.84 Å². The largest absolute Gasteiger partial charge is 0.493 e. The molecule has 0 atom stereocenters. The van der Waals surface area contributed by atoms with Gasteiger partial charge in [0.1, 0.15) is 0 Å². The van der Waals surface area contributed by atoms with Crippen molar-refractivity contribution >= 4 is 9.84 Å². The Labute approximate surface area is 160 Å². The Kier molecular flexibility index (Phi) is 5.75. The summed E-state index contributed by atoms with van der Waals surface area (Å²) in [4.78, 5) is 0.437. The Morgan fingerprint density at radius 2 is 1.56 bits per heavy atom. The van der Waals surface area contributed by atoms with Crippen LogP contribution in [0.4, 0.5) is 0 Å². The lowest BCUT2D eigenvalue weighted by Gasteiger charge is -2.19. The minimum absolute atomic E-state index is 0.123. The monoisotopic (exact) mass is 388 g/mol. The van der Waals surface area contributed by atoms with Crippen LogP contribution in [-0.2, 0) is 9.84 Å². The minimum Gasteiger partial charge on any atom is -0.493 e. The molecule has 27 heavy (non-hydrogen) atoms. The van der Waals surface area contributed by atoms with Gasteiger partial charge in [0.2, 0.25) is 15.6 Å². The molecule has 0 unspecified atom stereocenters. The van der Waals surface area contributed by atoms with Crippen LogP contribution in [0.1, 0.15) is 25.7 Å². The zero-order valence-corrected chi connectivity index (χ0v) is 16.6. The quantitative estimate of drug-likeness (QED) is 0.724. The molecule has 2 aliphatic carbocycles. The molecule has 2 aliphatic rings. The predicted octanol–water partition coefficient (Wildman–Crippen LogP) is 4.37. The maximum atomic E-state index is 13.3. The third kappa shape index (κ3) is 3.81. The van der Waals surface area contributed by atoms with Gasteiger partial charge in [-0.05, 0) is 42.9 Å². The Morgan fingerprint density at radius 3 is 2.11 bits per heavy atom. The van der Waals surface area contributed by atoms with Gasteiger partial charge in [0.15, 0.2) is 11.5 Å². The molecule has 0 N–H and O–H groups in total. The maximum absolute atomic E-state index is 13.3. The highest BCUT2D eigenvalue weighted by atomic mass is 32.2. The third-order valence-electron chi connectivity index (χ3n) is 4.76. The van der Waals surface area contributed by atoms with Gasteiger partial charge in [-0.25, -0.2) is 8.42 Å². The van der Waals surface area contributed by atoms with Gasteiger partial charge in [-0.3, -0.25) is 0 Å². The fraction of sp³-hybridized carbons (Fsp3) is 0.333. The van der Waals surface area contributed by atoms with E-state index in [2.05, 4.69) is 12.2 Å². The van der Waals surface area contributed by atoms with Crippen LogP contribution in [0, 0.1) is 0 Å². The van der Waals surface area contributed by atoms with E-state index in [9.17, 15) is 8.42 Å². The summed E-state index contributed by atoms with van der Waals surface area (Å²) in [6.07, 6.45) is 13.3. The van der Waals surface area contributed by atoms with Crippen molar-refractivity contribution in [2.24, 2.45) is 0 Å². The van der Waals surface area contributed by atoms with Crippen molar-refractivity contribution in [1.82, 2.24) is 0 Å². The van der Waals surface area contributed by atoms with Crippen molar-refractivity contribution in [3.63, 3.8) is 0 Å². The molecule has 1 aromatic carbocycles. The van der Waals surface area contributed by atoms with E-state index in [4.69, 9.17) is 14.2 Å². The second-order valence-corrected chi connectivity index (χ2v) is 8.29. The fourth-order valence-electron chi connectivity index (χ4n) is 3.33. The average Bonchev–Trinajstić information content (AvgIpc) is 2.73. The molecule has 0 saturated carbocycles. The molecule has 0 aromatic heterocycles. The van der Waals surface area contributed by atoms with E-state index in [1.165, 1.54) is 39.0 Å². The molecule has 6 heteroatoms. The third-order valence-corrected chi connectivity index (χ3v) is 6.52. The molecule has 1 aromatic rings. The van der Waals surface area contributed by atoms with E-state index >= 15 is 0 Å². The lowest BCUT2D eigenvalue weighted by molar-refractivity contribution is 0.323. The summed E-state index contributed by atoms with van der Waals surface area (Å²) in [5, 5.41) is 0. The summed E-state index contributed by atoms with van der Waals surface area (Å²) in [5.41, 5.74) is 2.30. The first kappa shape index (κ1) is 19.3.